The van der Waals surface area contributed by atoms with Gasteiger partial charge in [-0.1, -0.05) is 12.1 Å². The number of aromatic nitrogens is 2. The molecule has 1 amide bonds. The summed E-state index contributed by atoms with van der Waals surface area (Å²) in [6, 6.07) is 16.1. The number of methoxy groups -OCH3 is 1. The van der Waals surface area contributed by atoms with Crippen LogP contribution in [0.3, 0.4) is 0 Å². The minimum Gasteiger partial charge on any atom is -0.497 e. The molecule has 2 aliphatic heterocycles. The summed E-state index contributed by atoms with van der Waals surface area (Å²) in [7, 11) is 1.61. The number of ether oxygens (including phenoxy) is 2. The number of nitrogens with zero attached hydrogens (tertiary/aromatic N) is 3. The Labute approximate surface area is 240 Å². The summed E-state index contributed by atoms with van der Waals surface area (Å²) in [5.41, 5.74) is 6.28. The van der Waals surface area contributed by atoms with Gasteiger partial charge in [0.05, 0.1) is 43.3 Å². The van der Waals surface area contributed by atoms with Crippen molar-refractivity contribution in [2.45, 2.75) is 25.3 Å². The molecule has 0 radical (unpaired) electrons. The van der Waals surface area contributed by atoms with Crippen molar-refractivity contribution in [3.63, 3.8) is 0 Å². The maximum Gasteiger partial charge on any atom is 0.252 e. The molecule has 8 nitrogen and oxygen atoms in total. The second-order valence-electron chi connectivity index (χ2n) is 10.7. The number of carbonyl (C=O) groups excluding carboxylic acids is 1. The van der Waals surface area contributed by atoms with Gasteiger partial charge in [0.25, 0.3) is 5.91 Å². The van der Waals surface area contributed by atoms with Crippen LogP contribution in [0.2, 0.25) is 0 Å². The third-order valence-corrected chi connectivity index (χ3v) is 7.93. The number of rotatable bonds is 6. The van der Waals surface area contributed by atoms with E-state index in [1.54, 1.807) is 13.2 Å². The average molecular weight is 550 g/mol. The molecule has 0 spiro atoms. The molecule has 0 unspecified atom stereocenters. The molecule has 8 heteroatoms. The number of nitrogens with one attached hydrogen (secondary N) is 2. The maximum absolute atomic E-state index is 13.5. The van der Waals surface area contributed by atoms with Gasteiger partial charge in [-0.3, -0.25) is 14.8 Å². The van der Waals surface area contributed by atoms with E-state index in [-0.39, 0.29) is 5.91 Å². The number of aryl methyl sites for hydroxylation is 1. The normalized spacial score (nSPS) is 16.6. The van der Waals surface area contributed by atoms with E-state index < -0.39 is 5.54 Å². The number of carbonyl (C=O) groups is 1. The van der Waals surface area contributed by atoms with Gasteiger partial charge in [0, 0.05) is 48.5 Å². The molecule has 0 bridgehead atoms. The maximum atomic E-state index is 13.5. The minimum absolute atomic E-state index is 0.0904. The average Bonchev–Trinajstić information content (AvgIpc) is 3.76. The summed E-state index contributed by atoms with van der Waals surface area (Å²) < 4.78 is 10.9. The Kier molecular flexibility index (Phi) is 7.57. The molecule has 210 valence electrons. The van der Waals surface area contributed by atoms with Gasteiger partial charge in [-0.2, -0.15) is 0 Å². The predicted molar refractivity (Wildman–Crippen MR) is 161 cm³/mol. The van der Waals surface area contributed by atoms with Crippen LogP contribution in [0.1, 0.15) is 34.3 Å². The molecule has 1 aliphatic carbocycles. The van der Waals surface area contributed by atoms with E-state index in [2.05, 4.69) is 55.8 Å². The van der Waals surface area contributed by atoms with Crippen molar-refractivity contribution in [2.24, 2.45) is 0 Å². The van der Waals surface area contributed by atoms with Gasteiger partial charge in [0.1, 0.15) is 5.75 Å². The lowest BCUT2D eigenvalue weighted by Crippen LogP contribution is -2.36. The Morgan fingerprint density at radius 3 is 2.56 bits per heavy atom. The molecule has 41 heavy (non-hydrogen) atoms. The molecule has 2 N–H and O–H groups in total. The van der Waals surface area contributed by atoms with Gasteiger partial charge in [-0.15, -0.1) is 0 Å². The van der Waals surface area contributed by atoms with Crippen molar-refractivity contribution in [1.82, 2.24) is 20.6 Å². The van der Waals surface area contributed by atoms with Crippen LogP contribution in [0.5, 0.6) is 5.75 Å². The van der Waals surface area contributed by atoms with Gasteiger partial charge in [0.2, 0.25) is 0 Å². The fourth-order valence-corrected chi connectivity index (χ4v) is 5.29. The van der Waals surface area contributed by atoms with E-state index in [1.807, 2.05) is 49.9 Å². The predicted octanol–water partition coefficient (Wildman–Crippen LogP) is 4.97. The van der Waals surface area contributed by atoms with E-state index in [0.29, 0.717) is 11.3 Å². The van der Waals surface area contributed by atoms with Crippen LogP contribution < -0.4 is 20.3 Å². The van der Waals surface area contributed by atoms with Gasteiger partial charge in [-0.05, 0) is 85.1 Å². The molecule has 4 heterocycles. The standard InChI is InChI=1S/C30H30N4O3.C3H5N/c1-20-5-6-24(36-2)17-26(20)29(35)33-30(7-8-30)27-15-21(16-28-25(27)4-3-9-32-28)22-14-23(19-31-18-22)34-10-12-37-13-11-34;1-2-4-3-1/h3-6,9,14-19H,7-8,10-13H2,1-2H3,(H,33,35);1-2,4H,3H2. The Morgan fingerprint density at radius 2 is 1.85 bits per heavy atom. The van der Waals surface area contributed by atoms with Crippen LogP contribution in [0, 0.1) is 6.92 Å². The van der Waals surface area contributed by atoms with Gasteiger partial charge in [0.15, 0.2) is 0 Å². The Morgan fingerprint density at radius 1 is 1.07 bits per heavy atom. The fourth-order valence-electron chi connectivity index (χ4n) is 5.29. The first-order chi connectivity index (χ1) is 20.1. The molecule has 4 aromatic rings. The van der Waals surface area contributed by atoms with Gasteiger partial charge < -0.3 is 25.0 Å². The van der Waals surface area contributed by atoms with Crippen molar-refractivity contribution >= 4 is 22.5 Å². The SMILES string of the molecule is C1=CNC1.COc1ccc(C)c(C(=O)NC2(c3cc(-c4cncc(N5CCOCC5)c4)cc4ncccc34)CC2)c1. The van der Waals surface area contributed by atoms with Crippen LogP contribution in [0.25, 0.3) is 22.0 Å². The summed E-state index contributed by atoms with van der Waals surface area (Å²) in [6.45, 7) is 6.18. The second-order valence-corrected chi connectivity index (χ2v) is 10.7. The van der Waals surface area contributed by atoms with E-state index in [1.165, 1.54) is 0 Å². The largest absolute Gasteiger partial charge is 0.497 e. The van der Waals surface area contributed by atoms with Crippen LogP contribution in [-0.2, 0) is 10.3 Å². The molecule has 3 aliphatic rings. The lowest BCUT2D eigenvalue weighted by molar-refractivity contribution is 0.0930. The number of amides is 1. The summed E-state index contributed by atoms with van der Waals surface area (Å²) in [5, 5.41) is 7.36. The first kappa shape index (κ1) is 26.8. The summed E-state index contributed by atoms with van der Waals surface area (Å²) in [6.07, 6.45) is 11.4. The highest BCUT2D eigenvalue weighted by Crippen LogP contribution is 2.49. The topological polar surface area (TPSA) is 88.6 Å². The number of hydrogen-bond donors (Lipinski definition) is 2. The molecular formula is C33H35N5O3. The summed E-state index contributed by atoms with van der Waals surface area (Å²) in [4.78, 5) is 25.0. The summed E-state index contributed by atoms with van der Waals surface area (Å²) >= 11 is 0. The first-order valence-corrected chi connectivity index (χ1v) is 14.1. The molecular weight excluding hydrogens is 514 g/mol. The second kappa shape index (κ2) is 11.6. The molecule has 1 saturated heterocycles. The first-order valence-electron chi connectivity index (χ1n) is 14.1. The monoisotopic (exact) mass is 549 g/mol. The number of anilines is 1. The smallest absolute Gasteiger partial charge is 0.252 e. The van der Waals surface area contributed by atoms with Crippen molar-refractivity contribution in [3.8, 4) is 16.9 Å². The number of pyridine rings is 2. The third kappa shape index (κ3) is 5.74. The van der Waals surface area contributed by atoms with Crippen LogP contribution in [-0.4, -0.2) is 55.8 Å². The highest BCUT2D eigenvalue weighted by Gasteiger charge is 2.47. The molecule has 2 aromatic heterocycles. The van der Waals surface area contributed by atoms with E-state index in [9.17, 15) is 4.79 Å². The van der Waals surface area contributed by atoms with E-state index >= 15 is 0 Å². The van der Waals surface area contributed by atoms with Gasteiger partial charge in [-0.25, -0.2) is 0 Å². The van der Waals surface area contributed by atoms with Gasteiger partial charge >= 0.3 is 0 Å². The molecule has 7 rings (SSSR count). The highest BCUT2D eigenvalue weighted by atomic mass is 16.5. The fraction of sp³-hybridized carbons (Fsp3) is 0.303. The number of hydrogen-bond acceptors (Lipinski definition) is 7. The van der Waals surface area contributed by atoms with Crippen molar-refractivity contribution in [2.75, 3.05) is 44.9 Å². The summed E-state index contributed by atoms with van der Waals surface area (Å²) in [5.74, 6) is 0.581. The quantitative estimate of drug-likeness (QED) is 0.351. The zero-order valence-corrected chi connectivity index (χ0v) is 23.5. The zero-order chi connectivity index (χ0) is 28.2. The van der Waals surface area contributed by atoms with E-state index in [0.717, 1.165) is 84.5 Å². The number of fused-ring (bicyclic) bond motifs is 1. The van der Waals surface area contributed by atoms with Crippen molar-refractivity contribution in [3.05, 3.63) is 96.1 Å². The number of benzene rings is 2. The van der Waals surface area contributed by atoms with Crippen LogP contribution >= 0.6 is 0 Å². The van der Waals surface area contributed by atoms with E-state index in [4.69, 9.17) is 9.47 Å². The molecule has 0 atom stereocenters. The third-order valence-electron chi connectivity index (χ3n) is 7.93. The minimum atomic E-state index is -0.431. The van der Waals surface area contributed by atoms with Crippen molar-refractivity contribution < 1.29 is 14.3 Å². The highest BCUT2D eigenvalue weighted by molar-refractivity contribution is 5.98. The zero-order valence-electron chi connectivity index (χ0n) is 23.5. The molecule has 2 aromatic carbocycles. The lowest BCUT2D eigenvalue weighted by atomic mass is 9.93. The Hall–Kier alpha value is -4.43. The number of morpholine rings is 1. The molecule has 1 saturated carbocycles. The Balaban J connectivity index is 0.000000697. The molecule has 2 fully saturated rings. The Bertz CT molecular complexity index is 1590. The van der Waals surface area contributed by atoms with Crippen molar-refractivity contribution in [1.29, 1.82) is 0 Å². The van der Waals surface area contributed by atoms with Crippen LogP contribution in [0.4, 0.5) is 5.69 Å². The lowest BCUT2D eigenvalue weighted by Gasteiger charge is -2.28. The van der Waals surface area contributed by atoms with Crippen LogP contribution in [0.15, 0.2) is 79.4 Å².